The van der Waals surface area contributed by atoms with E-state index >= 15 is 0 Å². The number of ether oxygens (including phenoxy) is 1. The van der Waals surface area contributed by atoms with E-state index in [1.165, 1.54) is 13.2 Å². The van der Waals surface area contributed by atoms with Crippen molar-refractivity contribution in [3.05, 3.63) is 24.3 Å². The molecule has 6 nitrogen and oxygen atoms in total. The highest BCUT2D eigenvalue weighted by Gasteiger charge is 2.23. The number of carboxylic acids is 1. The summed E-state index contributed by atoms with van der Waals surface area (Å²) in [5.41, 5.74) is 0.208. The molecule has 0 saturated heterocycles. The van der Waals surface area contributed by atoms with Crippen LogP contribution in [0, 0.1) is 0 Å². The number of para-hydroxylation sites is 2. The number of carboxylic acid groups (broad SMARTS) is 1. The fourth-order valence-corrected chi connectivity index (χ4v) is 2.19. The summed E-state index contributed by atoms with van der Waals surface area (Å²) in [5, 5.41) is 8.73. The molecule has 0 aliphatic carbocycles. The Hall–Kier alpha value is -1.76. The maximum Gasteiger partial charge on any atom is 0.324 e. The standard InChI is InChI=1S/C10H13NO5S/c1-16-9-6-4-3-5-8(9)11(7-10(12)13)17(2,14)15/h3-6H,7H2,1-2H3,(H,12,13). The normalized spacial score (nSPS) is 10.9. The summed E-state index contributed by atoms with van der Waals surface area (Å²) >= 11 is 0. The summed E-state index contributed by atoms with van der Waals surface area (Å²) in [4.78, 5) is 10.7. The number of hydrogen-bond donors (Lipinski definition) is 1. The van der Waals surface area contributed by atoms with Gasteiger partial charge in [0.2, 0.25) is 10.0 Å². The second kappa shape index (κ2) is 5.05. The number of methoxy groups -OCH3 is 1. The molecule has 0 radical (unpaired) electrons. The minimum atomic E-state index is -3.67. The Labute approximate surface area is 99.5 Å². The third kappa shape index (κ3) is 3.35. The molecule has 94 valence electrons. The number of aliphatic carboxylic acids is 1. The van der Waals surface area contributed by atoms with Gasteiger partial charge in [0.05, 0.1) is 19.1 Å². The Morgan fingerprint density at radius 3 is 2.47 bits per heavy atom. The Morgan fingerprint density at radius 1 is 1.41 bits per heavy atom. The number of nitrogens with zero attached hydrogens (tertiary/aromatic N) is 1. The lowest BCUT2D eigenvalue weighted by atomic mass is 10.3. The van der Waals surface area contributed by atoms with Gasteiger partial charge in [0.25, 0.3) is 0 Å². The molecule has 0 heterocycles. The van der Waals surface area contributed by atoms with Crippen LogP contribution in [0.2, 0.25) is 0 Å². The van der Waals surface area contributed by atoms with Crippen molar-refractivity contribution in [1.82, 2.24) is 0 Å². The van der Waals surface area contributed by atoms with Crippen LogP contribution >= 0.6 is 0 Å². The number of carbonyl (C=O) groups is 1. The van der Waals surface area contributed by atoms with Crippen molar-refractivity contribution in [2.45, 2.75) is 0 Å². The van der Waals surface area contributed by atoms with Gasteiger partial charge in [-0.15, -0.1) is 0 Å². The molecule has 0 spiro atoms. The molecule has 1 aromatic rings. The lowest BCUT2D eigenvalue weighted by molar-refractivity contribution is -0.135. The summed E-state index contributed by atoms with van der Waals surface area (Å²) < 4.78 is 28.9. The van der Waals surface area contributed by atoms with Gasteiger partial charge in [0, 0.05) is 0 Å². The zero-order valence-electron chi connectivity index (χ0n) is 9.45. The minimum absolute atomic E-state index is 0.208. The number of hydrogen-bond acceptors (Lipinski definition) is 4. The highest BCUT2D eigenvalue weighted by molar-refractivity contribution is 7.92. The quantitative estimate of drug-likeness (QED) is 0.834. The largest absolute Gasteiger partial charge is 0.495 e. The maximum absolute atomic E-state index is 11.5. The molecule has 0 aliphatic rings. The molecule has 1 rings (SSSR count). The van der Waals surface area contributed by atoms with Gasteiger partial charge in [-0.3, -0.25) is 9.10 Å². The van der Waals surface area contributed by atoms with Gasteiger partial charge in [0.15, 0.2) is 0 Å². The summed E-state index contributed by atoms with van der Waals surface area (Å²) in [6.45, 7) is -0.640. The van der Waals surface area contributed by atoms with Crippen LogP contribution in [0.5, 0.6) is 5.75 Å². The average Bonchev–Trinajstić information content (AvgIpc) is 2.24. The third-order valence-electron chi connectivity index (χ3n) is 2.03. The Kier molecular flexibility index (Phi) is 3.95. The lowest BCUT2D eigenvalue weighted by Gasteiger charge is -2.22. The molecule has 0 aliphatic heterocycles. The zero-order valence-corrected chi connectivity index (χ0v) is 10.3. The SMILES string of the molecule is COc1ccccc1N(CC(=O)O)S(C)(=O)=O. The van der Waals surface area contributed by atoms with E-state index in [-0.39, 0.29) is 5.69 Å². The summed E-state index contributed by atoms with van der Waals surface area (Å²) in [7, 11) is -2.28. The third-order valence-corrected chi connectivity index (χ3v) is 3.16. The van der Waals surface area contributed by atoms with Crippen LogP contribution in [0.25, 0.3) is 0 Å². The summed E-state index contributed by atoms with van der Waals surface area (Å²) in [6, 6.07) is 6.33. The number of anilines is 1. The smallest absolute Gasteiger partial charge is 0.324 e. The van der Waals surface area contributed by atoms with E-state index in [1.807, 2.05) is 0 Å². The van der Waals surface area contributed by atoms with Crippen LogP contribution in [0.4, 0.5) is 5.69 Å². The molecule has 0 unspecified atom stereocenters. The minimum Gasteiger partial charge on any atom is -0.495 e. The molecule has 0 aromatic heterocycles. The van der Waals surface area contributed by atoms with Crippen LogP contribution in [0.1, 0.15) is 0 Å². The van der Waals surface area contributed by atoms with Gasteiger partial charge < -0.3 is 9.84 Å². The van der Waals surface area contributed by atoms with E-state index in [0.717, 1.165) is 10.6 Å². The van der Waals surface area contributed by atoms with Crippen LogP contribution < -0.4 is 9.04 Å². The monoisotopic (exact) mass is 259 g/mol. The van der Waals surface area contributed by atoms with Crippen molar-refractivity contribution >= 4 is 21.7 Å². The number of sulfonamides is 1. The Bertz CT molecular complexity index is 511. The predicted molar refractivity (Wildman–Crippen MR) is 62.8 cm³/mol. The first kappa shape index (κ1) is 13.3. The van der Waals surface area contributed by atoms with Crippen LogP contribution in [-0.2, 0) is 14.8 Å². The lowest BCUT2D eigenvalue weighted by Crippen LogP contribution is -2.35. The van der Waals surface area contributed by atoms with Gasteiger partial charge in [-0.25, -0.2) is 8.42 Å². The van der Waals surface area contributed by atoms with Crippen LogP contribution in [0.15, 0.2) is 24.3 Å². The summed E-state index contributed by atoms with van der Waals surface area (Å²) in [6.07, 6.45) is 0.947. The maximum atomic E-state index is 11.5. The van der Waals surface area contributed by atoms with E-state index < -0.39 is 22.5 Å². The molecule has 0 saturated carbocycles. The molecule has 0 atom stereocenters. The van der Waals surface area contributed by atoms with Crippen LogP contribution in [0.3, 0.4) is 0 Å². The van der Waals surface area contributed by atoms with Gasteiger partial charge in [0.1, 0.15) is 12.3 Å². The first-order valence-corrected chi connectivity index (χ1v) is 6.53. The Balaban J connectivity index is 3.27. The van der Waals surface area contributed by atoms with Gasteiger partial charge in [-0.1, -0.05) is 12.1 Å². The van der Waals surface area contributed by atoms with E-state index in [1.54, 1.807) is 18.2 Å². The van der Waals surface area contributed by atoms with E-state index in [2.05, 4.69) is 0 Å². The highest BCUT2D eigenvalue weighted by atomic mass is 32.2. The van der Waals surface area contributed by atoms with Crippen molar-refractivity contribution in [1.29, 1.82) is 0 Å². The highest BCUT2D eigenvalue weighted by Crippen LogP contribution is 2.29. The molecule has 0 fully saturated rings. The number of rotatable bonds is 5. The van der Waals surface area contributed by atoms with Crippen molar-refractivity contribution in [2.24, 2.45) is 0 Å². The molecule has 0 amide bonds. The molecule has 0 bridgehead atoms. The van der Waals surface area contributed by atoms with E-state index in [4.69, 9.17) is 9.84 Å². The molecule has 17 heavy (non-hydrogen) atoms. The van der Waals surface area contributed by atoms with Crippen LogP contribution in [-0.4, -0.2) is 39.4 Å². The summed E-state index contributed by atoms with van der Waals surface area (Å²) in [5.74, 6) is -0.930. The Morgan fingerprint density at radius 2 is 2.00 bits per heavy atom. The first-order valence-electron chi connectivity index (χ1n) is 4.68. The topological polar surface area (TPSA) is 83.9 Å². The number of benzene rings is 1. The van der Waals surface area contributed by atoms with Crippen molar-refractivity contribution in [3.63, 3.8) is 0 Å². The van der Waals surface area contributed by atoms with Gasteiger partial charge >= 0.3 is 5.97 Å². The molecular formula is C10H13NO5S. The molecule has 1 N–H and O–H groups in total. The second-order valence-corrected chi connectivity index (χ2v) is 5.24. The molecule has 7 heteroatoms. The average molecular weight is 259 g/mol. The molecule has 1 aromatic carbocycles. The van der Waals surface area contributed by atoms with E-state index in [0.29, 0.717) is 5.75 Å². The van der Waals surface area contributed by atoms with Crippen molar-refractivity contribution in [3.8, 4) is 5.75 Å². The second-order valence-electron chi connectivity index (χ2n) is 3.34. The predicted octanol–water partition coefficient (Wildman–Crippen LogP) is 0.546. The fourth-order valence-electron chi connectivity index (χ4n) is 1.34. The van der Waals surface area contributed by atoms with E-state index in [9.17, 15) is 13.2 Å². The van der Waals surface area contributed by atoms with Crippen molar-refractivity contribution in [2.75, 3.05) is 24.2 Å². The fraction of sp³-hybridized carbons (Fsp3) is 0.300. The van der Waals surface area contributed by atoms with Crippen molar-refractivity contribution < 1.29 is 23.1 Å². The van der Waals surface area contributed by atoms with Gasteiger partial charge in [-0.2, -0.15) is 0 Å². The molecular weight excluding hydrogens is 246 g/mol. The first-order chi connectivity index (χ1) is 7.86. The zero-order chi connectivity index (χ0) is 13.1. The van der Waals surface area contributed by atoms with Gasteiger partial charge in [-0.05, 0) is 12.1 Å².